The minimum absolute atomic E-state index is 0.0112. The van der Waals surface area contributed by atoms with Crippen molar-refractivity contribution in [3.8, 4) is 11.5 Å². The van der Waals surface area contributed by atoms with Gasteiger partial charge in [0.1, 0.15) is 23.7 Å². The highest BCUT2D eigenvalue weighted by molar-refractivity contribution is 7.80. The van der Waals surface area contributed by atoms with E-state index < -0.39 is 71.5 Å². The molecule has 2 aromatic rings. The first kappa shape index (κ1) is 34.1. The van der Waals surface area contributed by atoms with Gasteiger partial charge in [-0.15, -0.1) is 0 Å². The molecule has 256 valence electrons. The zero-order valence-electron chi connectivity index (χ0n) is 27.2. The Balaban J connectivity index is 1.36. The third-order valence-electron chi connectivity index (χ3n) is 9.78. The summed E-state index contributed by atoms with van der Waals surface area (Å²) in [6, 6.07) is 17.6. The van der Waals surface area contributed by atoms with Crippen molar-refractivity contribution >= 4 is 52.8 Å². The normalized spacial score (nSPS) is 33.6. The number of esters is 3. The molecule has 4 aliphatic rings. The highest BCUT2D eigenvalue weighted by Gasteiger charge is 2.82. The molecule has 0 amide bonds. The molecule has 0 aliphatic carbocycles. The molecule has 13 heteroatoms. The number of cyclic esters (lactones) is 2. The summed E-state index contributed by atoms with van der Waals surface area (Å²) in [4.78, 5) is 40.2. The summed E-state index contributed by atoms with van der Waals surface area (Å²) in [5.74, 6) is -1.73. The number of ether oxygens (including phenoxy) is 8. The zero-order valence-corrected chi connectivity index (χ0v) is 28.9. The van der Waals surface area contributed by atoms with E-state index in [0.29, 0.717) is 24.3 Å². The summed E-state index contributed by atoms with van der Waals surface area (Å²) in [5.41, 5.74) is -2.80. The maximum absolute atomic E-state index is 13.6. The van der Waals surface area contributed by atoms with Crippen LogP contribution in [0.2, 0.25) is 0 Å². The van der Waals surface area contributed by atoms with E-state index in [9.17, 15) is 14.4 Å². The molecule has 6 unspecified atom stereocenters. The lowest BCUT2D eigenvalue weighted by Gasteiger charge is -2.45. The van der Waals surface area contributed by atoms with E-state index in [2.05, 4.69) is 20.8 Å². The maximum Gasteiger partial charge on any atom is 0.358 e. The van der Waals surface area contributed by atoms with Crippen LogP contribution < -0.4 is 9.47 Å². The van der Waals surface area contributed by atoms with Crippen molar-refractivity contribution in [2.75, 3.05) is 0 Å². The average Bonchev–Trinajstić information content (AvgIpc) is 3.63. The average molecular weight is 699 g/mol. The molecule has 2 aromatic carbocycles. The number of carbonyl (C=O) groups excluding carboxylic acids is 3. The van der Waals surface area contributed by atoms with E-state index in [4.69, 9.17) is 62.3 Å². The molecule has 6 rings (SSSR count). The van der Waals surface area contributed by atoms with E-state index in [0.717, 1.165) is 0 Å². The number of hydrogen-bond acceptors (Lipinski definition) is 13. The molecule has 48 heavy (non-hydrogen) atoms. The minimum Gasteiger partial charge on any atom is -0.460 e. The second-order valence-corrected chi connectivity index (χ2v) is 14.7. The van der Waals surface area contributed by atoms with E-state index >= 15 is 0 Å². The predicted octanol–water partition coefficient (Wildman–Crippen LogP) is 5.46. The largest absolute Gasteiger partial charge is 0.460 e. The Morgan fingerprint density at radius 3 is 1.98 bits per heavy atom. The number of carbonyl (C=O) groups is 3. The topological polar surface area (TPSA) is 125 Å². The molecule has 4 fully saturated rings. The van der Waals surface area contributed by atoms with Gasteiger partial charge in [0, 0.05) is 30.9 Å². The van der Waals surface area contributed by atoms with Crippen molar-refractivity contribution in [2.24, 2.45) is 22.2 Å². The van der Waals surface area contributed by atoms with Crippen LogP contribution in [0.25, 0.3) is 0 Å². The van der Waals surface area contributed by atoms with Gasteiger partial charge in [-0.25, -0.2) is 9.59 Å². The zero-order chi connectivity index (χ0) is 34.4. The minimum atomic E-state index is -1.36. The van der Waals surface area contributed by atoms with Gasteiger partial charge < -0.3 is 37.9 Å². The van der Waals surface area contributed by atoms with Crippen molar-refractivity contribution in [3.05, 3.63) is 60.7 Å². The van der Waals surface area contributed by atoms with Crippen LogP contribution in [0.5, 0.6) is 11.5 Å². The number of benzene rings is 2. The van der Waals surface area contributed by atoms with Crippen LogP contribution in [0, 0.1) is 22.2 Å². The van der Waals surface area contributed by atoms with Crippen LogP contribution in [0.1, 0.15) is 53.9 Å². The first-order chi connectivity index (χ1) is 22.7. The lowest BCUT2D eigenvalue weighted by Crippen LogP contribution is -2.58. The fourth-order valence-corrected chi connectivity index (χ4v) is 7.69. The molecule has 0 aromatic heterocycles. The number of para-hydroxylation sites is 2. The van der Waals surface area contributed by atoms with Gasteiger partial charge in [-0.2, -0.15) is 0 Å². The number of fused-ring (bicyclic) bond motifs is 3. The molecule has 9 atom stereocenters. The van der Waals surface area contributed by atoms with Crippen LogP contribution in [0.15, 0.2) is 60.7 Å². The first-order valence-electron chi connectivity index (χ1n) is 15.9. The highest BCUT2D eigenvalue weighted by atomic mass is 32.1. The van der Waals surface area contributed by atoms with Gasteiger partial charge in [-0.1, -0.05) is 57.2 Å². The lowest BCUT2D eigenvalue weighted by molar-refractivity contribution is -0.179. The van der Waals surface area contributed by atoms with Gasteiger partial charge in [0.05, 0.1) is 16.7 Å². The molecule has 0 radical (unpaired) electrons. The number of rotatable bonds is 8. The summed E-state index contributed by atoms with van der Waals surface area (Å²) in [6.45, 7) is 9.66. The molecule has 0 spiro atoms. The van der Waals surface area contributed by atoms with Crippen molar-refractivity contribution in [1.82, 2.24) is 0 Å². The molecule has 4 aliphatic heterocycles. The molecule has 4 heterocycles. The second-order valence-electron chi connectivity index (χ2n) is 14.0. The number of thiocarbonyl (C=S) groups is 2. The van der Waals surface area contributed by atoms with Crippen LogP contribution in [0.3, 0.4) is 0 Å². The molecule has 11 nitrogen and oxygen atoms in total. The van der Waals surface area contributed by atoms with Gasteiger partial charge >= 0.3 is 28.4 Å². The molecular weight excluding hydrogens is 661 g/mol. The monoisotopic (exact) mass is 698 g/mol. The van der Waals surface area contributed by atoms with Crippen molar-refractivity contribution in [3.63, 3.8) is 0 Å². The smallest absolute Gasteiger partial charge is 0.358 e. The lowest BCUT2D eigenvalue weighted by atomic mass is 9.55. The second kappa shape index (κ2) is 12.9. The van der Waals surface area contributed by atoms with E-state index in [1.165, 1.54) is 0 Å². The van der Waals surface area contributed by atoms with Gasteiger partial charge in [0.2, 0.25) is 12.4 Å². The Hall–Kier alpha value is -3.81. The maximum atomic E-state index is 13.6. The fraction of sp³-hybridized carbons (Fsp3) is 0.514. The van der Waals surface area contributed by atoms with E-state index in [-0.39, 0.29) is 22.3 Å². The van der Waals surface area contributed by atoms with Gasteiger partial charge in [0.15, 0.2) is 12.2 Å². The Morgan fingerprint density at radius 2 is 1.40 bits per heavy atom. The third-order valence-corrected chi connectivity index (χ3v) is 10.1. The quantitative estimate of drug-likeness (QED) is 0.197. The van der Waals surface area contributed by atoms with E-state index in [1.54, 1.807) is 62.4 Å². The van der Waals surface area contributed by atoms with Crippen LogP contribution in [-0.2, 0) is 42.8 Å². The van der Waals surface area contributed by atoms with Crippen molar-refractivity contribution < 1.29 is 52.3 Å². The Bertz CT molecular complexity index is 1580. The van der Waals surface area contributed by atoms with Crippen molar-refractivity contribution in [2.45, 2.75) is 90.7 Å². The fourth-order valence-electron chi connectivity index (χ4n) is 7.29. The van der Waals surface area contributed by atoms with Crippen LogP contribution in [0.4, 0.5) is 0 Å². The summed E-state index contributed by atoms with van der Waals surface area (Å²) < 4.78 is 47.6. The van der Waals surface area contributed by atoms with Crippen LogP contribution >= 0.6 is 24.4 Å². The first-order valence-corrected chi connectivity index (χ1v) is 16.7. The summed E-state index contributed by atoms with van der Waals surface area (Å²) in [6.07, 6.45) is -5.28. The Kier molecular flexibility index (Phi) is 9.16. The molecule has 0 saturated carbocycles. The van der Waals surface area contributed by atoms with Gasteiger partial charge in [-0.3, -0.25) is 4.79 Å². The highest BCUT2D eigenvalue weighted by Crippen LogP contribution is 2.67. The van der Waals surface area contributed by atoms with Gasteiger partial charge in [0.25, 0.3) is 0 Å². The Labute approximate surface area is 289 Å². The molecule has 4 saturated heterocycles. The number of hydrogen-bond donors (Lipinski definition) is 0. The Morgan fingerprint density at radius 1 is 0.812 bits per heavy atom. The summed E-state index contributed by atoms with van der Waals surface area (Å²) in [5, 5.41) is -0.514. The van der Waals surface area contributed by atoms with E-state index in [1.807, 2.05) is 12.1 Å². The predicted molar refractivity (Wildman–Crippen MR) is 177 cm³/mol. The molecular formula is C35H38O11S2. The summed E-state index contributed by atoms with van der Waals surface area (Å²) >= 11 is 10.8. The molecule has 0 bridgehead atoms. The third kappa shape index (κ3) is 6.12. The van der Waals surface area contributed by atoms with Gasteiger partial charge in [-0.05, 0) is 56.4 Å². The standard InChI is InChI=1S/C35H38O11S2/c1-19-24(43-31(47)39-20-12-8-6-9-13-20)22(41-27(19)36)18-35-23(16-17-33(2,3)4)42-29(38)26(35)44-30-34(35,5)25(28(37)46-30)45-32(48)40-21-14-10-7-11-15-21/h6-15,19,22-26,30H,16-18H2,1-5H3/t19-,22?,23?,24+,25-,26?,30?,34?,35?/m0/s1. The SMILES string of the molecule is C[C@@H]1C(=O)OC(CC23C(CCC(C)(C)C)OC(=O)C2OC2OC(=O)[C@H](OC(=S)Oc4ccccc4)C23C)[C@@H]1OC(=S)Oc1ccccc1. The summed E-state index contributed by atoms with van der Waals surface area (Å²) in [7, 11) is 0. The molecule has 0 N–H and O–H groups in total. The van der Waals surface area contributed by atoms with Crippen molar-refractivity contribution in [1.29, 1.82) is 0 Å². The van der Waals surface area contributed by atoms with Crippen LogP contribution in [-0.4, -0.2) is 65.2 Å².